The average molecular weight is 308 g/mol. The van der Waals surface area contributed by atoms with Crippen LogP contribution in [-0.4, -0.2) is 18.3 Å². The fraction of sp³-hybridized carbons (Fsp3) is 0.684. The smallest absolute Gasteiger partial charge is 0.128 e. The molecule has 0 heterocycles. The molecule has 0 amide bonds. The van der Waals surface area contributed by atoms with Crippen molar-refractivity contribution >= 4 is 0 Å². The van der Waals surface area contributed by atoms with Gasteiger partial charge in [0.15, 0.2) is 0 Å². The second kappa shape index (κ2) is 12.3. The minimum atomic E-state index is 0.00106. The second-order valence-corrected chi connectivity index (χ2v) is 5.75. The predicted molar refractivity (Wildman–Crippen MR) is 91.6 cm³/mol. The molecule has 0 aromatic heterocycles. The maximum atomic E-state index is 9.40. The van der Waals surface area contributed by atoms with Crippen LogP contribution in [0.3, 0.4) is 0 Å². The Balaban J connectivity index is 2.42. The Labute approximate surface area is 135 Å². The molecule has 0 bridgehead atoms. The van der Waals surface area contributed by atoms with E-state index in [0.29, 0.717) is 6.61 Å². The molecule has 0 atom stereocenters. The lowest BCUT2D eigenvalue weighted by molar-refractivity contribution is 0.257. The first kappa shape index (κ1) is 18.8. The molecule has 0 saturated heterocycles. The Morgan fingerprint density at radius 2 is 1.45 bits per heavy atom. The molecule has 0 radical (unpaired) electrons. The number of aliphatic hydroxyl groups is 1. The lowest BCUT2D eigenvalue weighted by Gasteiger charge is -2.13. The lowest BCUT2D eigenvalue weighted by atomic mass is 10.2. The minimum absolute atomic E-state index is 0.00106. The van der Waals surface area contributed by atoms with Crippen LogP contribution in [0.15, 0.2) is 18.2 Å². The summed E-state index contributed by atoms with van der Waals surface area (Å²) in [6.07, 6.45) is 9.52. The number of aliphatic hydroxyl groups excluding tert-OH is 1. The van der Waals surface area contributed by atoms with Gasteiger partial charge in [-0.15, -0.1) is 0 Å². The highest BCUT2D eigenvalue weighted by atomic mass is 16.5. The normalized spacial score (nSPS) is 10.7. The number of unbranched alkanes of at least 4 members (excludes halogenated alkanes) is 6. The predicted octanol–water partition coefficient (Wildman–Crippen LogP) is 5.10. The summed E-state index contributed by atoms with van der Waals surface area (Å²) in [7, 11) is 0. The Morgan fingerprint density at radius 3 is 2.05 bits per heavy atom. The Kier molecular flexibility index (Phi) is 10.6. The van der Waals surface area contributed by atoms with E-state index in [1.807, 2.05) is 18.2 Å². The first-order chi connectivity index (χ1) is 10.8. The van der Waals surface area contributed by atoms with Gasteiger partial charge in [0.1, 0.15) is 11.5 Å². The molecule has 1 aromatic carbocycles. The summed E-state index contributed by atoms with van der Waals surface area (Å²) in [5.74, 6) is 1.59. The molecule has 3 nitrogen and oxygen atoms in total. The number of ether oxygens (including phenoxy) is 2. The highest BCUT2D eigenvalue weighted by molar-refractivity contribution is 5.40. The van der Waals surface area contributed by atoms with Gasteiger partial charge in [-0.1, -0.05) is 52.4 Å². The number of hydrogen-bond acceptors (Lipinski definition) is 3. The Hall–Kier alpha value is -1.22. The molecule has 1 rings (SSSR count). The van der Waals surface area contributed by atoms with Crippen molar-refractivity contribution in [2.24, 2.45) is 0 Å². The number of benzene rings is 1. The van der Waals surface area contributed by atoms with E-state index >= 15 is 0 Å². The van der Waals surface area contributed by atoms with Crippen LogP contribution in [0.2, 0.25) is 0 Å². The number of hydrogen-bond donors (Lipinski definition) is 1. The van der Waals surface area contributed by atoms with Crippen molar-refractivity contribution in [1.82, 2.24) is 0 Å². The fourth-order valence-electron chi connectivity index (χ4n) is 2.32. The maximum Gasteiger partial charge on any atom is 0.128 e. The minimum Gasteiger partial charge on any atom is -0.493 e. The van der Waals surface area contributed by atoms with E-state index in [9.17, 15) is 5.11 Å². The Bertz CT molecular complexity index is 390. The molecule has 1 N–H and O–H groups in total. The molecule has 126 valence electrons. The molecular formula is C19H32O3. The Morgan fingerprint density at radius 1 is 0.818 bits per heavy atom. The molecular weight excluding hydrogens is 276 g/mol. The molecule has 0 saturated carbocycles. The van der Waals surface area contributed by atoms with Crippen LogP contribution in [0.5, 0.6) is 11.5 Å². The van der Waals surface area contributed by atoms with Gasteiger partial charge in [0.05, 0.1) is 19.8 Å². The van der Waals surface area contributed by atoms with Crippen LogP contribution < -0.4 is 9.47 Å². The van der Waals surface area contributed by atoms with Gasteiger partial charge in [-0.3, -0.25) is 0 Å². The van der Waals surface area contributed by atoms with E-state index in [2.05, 4.69) is 13.8 Å². The zero-order chi connectivity index (χ0) is 16.0. The monoisotopic (exact) mass is 308 g/mol. The average Bonchev–Trinajstić information content (AvgIpc) is 2.54. The van der Waals surface area contributed by atoms with Crippen molar-refractivity contribution in [2.45, 2.75) is 71.8 Å². The molecule has 3 heteroatoms. The van der Waals surface area contributed by atoms with Crippen molar-refractivity contribution in [3.8, 4) is 11.5 Å². The van der Waals surface area contributed by atoms with E-state index in [1.165, 1.54) is 38.5 Å². The van der Waals surface area contributed by atoms with Gasteiger partial charge >= 0.3 is 0 Å². The number of rotatable bonds is 13. The molecule has 1 aromatic rings. The molecule has 0 aliphatic heterocycles. The lowest BCUT2D eigenvalue weighted by Crippen LogP contribution is -2.02. The van der Waals surface area contributed by atoms with Gasteiger partial charge in [0, 0.05) is 11.6 Å². The summed E-state index contributed by atoms with van der Waals surface area (Å²) in [5, 5.41) is 9.40. The third-order valence-electron chi connectivity index (χ3n) is 3.73. The summed E-state index contributed by atoms with van der Waals surface area (Å²) < 4.78 is 11.6. The summed E-state index contributed by atoms with van der Waals surface area (Å²) in [6, 6.07) is 5.71. The van der Waals surface area contributed by atoms with E-state index < -0.39 is 0 Å². The SMILES string of the molecule is CCCCCCOc1ccc(CO)c(OCCCCCC)c1. The topological polar surface area (TPSA) is 38.7 Å². The summed E-state index contributed by atoms with van der Waals surface area (Å²) in [6.45, 7) is 5.85. The van der Waals surface area contributed by atoms with Crippen LogP contribution in [0.1, 0.15) is 70.8 Å². The molecule has 22 heavy (non-hydrogen) atoms. The van der Waals surface area contributed by atoms with E-state index in [1.54, 1.807) is 0 Å². The maximum absolute atomic E-state index is 9.40. The van der Waals surface area contributed by atoms with Crippen molar-refractivity contribution < 1.29 is 14.6 Å². The zero-order valence-corrected chi connectivity index (χ0v) is 14.3. The van der Waals surface area contributed by atoms with E-state index in [4.69, 9.17) is 9.47 Å². The van der Waals surface area contributed by atoms with Crippen molar-refractivity contribution in [1.29, 1.82) is 0 Å². The molecule has 0 aliphatic rings. The van der Waals surface area contributed by atoms with Crippen molar-refractivity contribution in [3.05, 3.63) is 23.8 Å². The molecule has 0 fully saturated rings. The van der Waals surface area contributed by atoms with E-state index in [-0.39, 0.29) is 6.61 Å². The van der Waals surface area contributed by atoms with E-state index in [0.717, 1.165) is 36.5 Å². The van der Waals surface area contributed by atoms with Crippen LogP contribution in [0.4, 0.5) is 0 Å². The van der Waals surface area contributed by atoms with Gasteiger partial charge in [0.2, 0.25) is 0 Å². The van der Waals surface area contributed by atoms with Gasteiger partial charge < -0.3 is 14.6 Å². The summed E-state index contributed by atoms with van der Waals surface area (Å²) >= 11 is 0. The van der Waals surface area contributed by atoms with Gasteiger partial charge in [0.25, 0.3) is 0 Å². The molecule has 0 aliphatic carbocycles. The largest absolute Gasteiger partial charge is 0.493 e. The third kappa shape index (κ3) is 7.69. The fourth-order valence-corrected chi connectivity index (χ4v) is 2.32. The highest BCUT2D eigenvalue weighted by Gasteiger charge is 2.05. The van der Waals surface area contributed by atoms with Crippen LogP contribution in [0, 0.1) is 0 Å². The quantitative estimate of drug-likeness (QED) is 0.515. The van der Waals surface area contributed by atoms with Crippen molar-refractivity contribution in [3.63, 3.8) is 0 Å². The molecule has 0 unspecified atom stereocenters. The first-order valence-corrected chi connectivity index (χ1v) is 8.81. The summed E-state index contributed by atoms with van der Waals surface area (Å²) in [5.41, 5.74) is 0.828. The second-order valence-electron chi connectivity index (χ2n) is 5.75. The first-order valence-electron chi connectivity index (χ1n) is 8.81. The van der Waals surface area contributed by atoms with Gasteiger partial charge in [-0.2, -0.15) is 0 Å². The van der Waals surface area contributed by atoms with Crippen LogP contribution >= 0.6 is 0 Å². The standard InChI is InChI=1S/C19H32O3/c1-3-5-7-9-13-21-18-12-11-17(16-20)19(15-18)22-14-10-8-6-4-2/h11-12,15,20H,3-10,13-14,16H2,1-2H3. The van der Waals surface area contributed by atoms with Crippen molar-refractivity contribution in [2.75, 3.05) is 13.2 Å². The summed E-state index contributed by atoms with van der Waals surface area (Å²) in [4.78, 5) is 0. The third-order valence-corrected chi connectivity index (χ3v) is 3.73. The van der Waals surface area contributed by atoms with Crippen LogP contribution in [-0.2, 0) is 6.61 Å². The highest BCUT2D eigenvalue weighted by Crippen LogP contribution is 2.25. The van der Waals surface area contributed by atoms with Crippen LogP contribution in [0.25, 0.3) is 0 Å². The molecule has 0 spiro atoms. The zero-order valence-electron chi connectivity index (χ0n) is 14.3. The van der Waals surface area contributed by atoms with Gasteiger partial charge in [-0.05, 0) is 25.0 Å². The van der Waals surface area contributed by atoms with Gasteiger partial charge in [-0.25, -0.2) is 0 Å².